The molecule has 2 aliphatic rings. The van der Waals surface area contributed by atoms with Gasteiger partial charge in [0.05, 0.1) is 5.56 Å². The Morgan fingerprint density at radius 1 is 0.905 bits per heavy atom. The number of aromatic nitrogens is 3. The Hall–Kier alpha value is -4.50. The van der Waals surface area contributed by atoms with Crippen LogP contribution in [0, 0.1) is 0 Å². The highest BCUT2D eigenvalue weighted by molar-refractivity contribution is 5.90. The Morgan fingerprint density at radius 2 is 1.64 bits per heavy atom. The van der Waals surface area contributed by atoms with E-state index in [2.05, 4.69) is 20.3 Å². The Bertz CT molecular complexity index is 1430. The molecule has 3 aromatic rings. The molecule has 0 unspecified atom stereocenters. The van der Waals surface area contributed by atoms with Crippen molar-refractivity contribution < 1.29 is 45.3 Å². The Balaban J connectivity index is 1.27. The van der Waals surface area contributed by atoms with Crippen molar-refractivity contribution in [3.8, 4) is 17.5 Å². The average molecular weight is 599 g/mol. The van der Waals surface area contributed by atoms with Crippen molar-refractivity contribution in [3.63, 3.8) is 0 Å². The summed E-state index contributed by atoms with van der Waals surface area (Å²) in [5, 5.41) is 2.79. The van der Waals surface area contributed by atoms with Crippen molar-refractivity contribution in [3.05, 3.63) is 59.4 Å². The molecule has 0 spiro atoms. The molecule has 2 aromatic carbocycles. The van der Waals surface area contributed by atoms with Crippen LogP contribution in [-0.4, -0.2) is 78.1 Å². The molecule has 1 N–H and O–H groups in total. The lowest BCUT2D eigenvalue weighted by Gasteiger charge is -2.34. The van der Waals surface area contributed by atoms with E-state index in [4.69, 9.17) is 14.2 Å². The van der Waals surface area contributed by atoms with Gasteiger partial charge in [0.1, 0.15) is 19.0 Å². The first-order valence-electron chi connectivity index (χ1n) is 12.7. The van der Waals surface area contributed by atoms with E-state index in [-0.39, 0.29) is 56.0 Å². The molecular weight excluding hydrogens is 574 g/mol. The largest absolute Gasteiger partial charge is 0.486 e. The number of halogens is 6. The number of urea groups is 1. The lowest BCUT2D eigenvalue weighted by molar-refractivity contribution is -0.154. The van der Waals surface area contributed by atoms with Gasteiger partial charge in [0, 0.05) is 44.4 Å². The summed E-state index contributed by atoms with van der Waals surface area (Å²) in [6.07, 6.45) is -9.45. The number of amides is 2. The van der Waals surface area contributed by atoms with E-state index in [0.29, 0.717) is 30.4 Å². The maximum absolute atomic E-state index is 13.2. The second kappa shape index (κ2) is 11.8. The Morgan fingerprint density at radius 3 is 2.36 bits per heavy atom. The summed E-state index contributed by atoms with van der Waals surface area (Å²) in [6.45, 7) is 0.0717. The number of benzene rings is 2. The number of alkyl halides is 6. The second-order valence-electron chi connectivity index (χ2n) is 9.38. The molecular formula is C26H24F6N6O4. The van der Waals surface area contributed by atoms with Gasteiger partial charge < -0.3 is 29.3 Å². The highest BCUT2D eigenvalue weighted by Crippen LogP contribution is 2.33. The summed E-state index contributed by atoms with van der Waals surface area (Å²) in [4.78, 5) is 28.2. The summed E-state index contributed by atoms with van der Waals surface area (Å²) in [5.41, 5.74) is -0.173. The van der Waals surface area contributed by atoms with E-state index in [9.17, 15) is 31.1 Å². The van der Waals surface area contributed by atoms with Gasteiger partial charge >= 0.3 is 24.4 Å². The van der Waals surface area contributed by atoms with Crippen molar-refractivity contribution in [1.82, 2.24) is 19.9 Å². The van der Waals surface area contributed by atoms with E-state index in [1.165, 1.54) is 12.1 Å². The van der Waals surface area contributed by atoms with Gasteiger partial charge in [0.2, 0.25) is 5.95 Å². The third-order valence-electron chi connectivity index (χ3n) is 6.27. The van der Waals surface area contributed by atoms with Crippen molar-refractivity contribution >= 4 is 17.7 Å². The molecule has 0 radical (unpaired) electrons. The summed E-state index contributed by atoms with van der Waals surface area (Å²) < 4.78 is 93.6. The molecule has 3 heterocycles. The molecule has 1 saturated heterocycles. The van der Waals surface area contributed by atoms with E-state index >= 15 is 0 Å². The van der Waals surface area contributed by atoms with Crippen LogP contribution in [0.15, 0.2) is 42.5 Å². The zero-order chi connectivity index (χ0) is 29.9. The van der Waals surface area contributed by atoms with E-state index in [1.54, 1.807) is 28.0 Å². The number of anilines is 2. The van der Waals surface area contributed by atoms with Crippen LogP contribution < -0.4 is 24.4 Å². The fourth-order valence-corrected chi connectivity index (χ4v) is 4.29. The molecule has 0 bridgehead atoms. The van der Waals surface area contributed by atoms with E-state index < -0.39 is 30.5 Å². The fraction of sp³-hybridized carbons (Fsp3) is 0.385. The number of hydrogen-bond donors (Lipinski definition) is 1. The van der Waals surface area contributed by atoms with Gasteiger partial charge in [-0.3, -0.25) is 0 Å². The lowest BCUT2D eigenvalue weighted by Crippen LogP contribution is -2.50. The molecule has 2 amide bonds. The molecule has 2 aliphatic heterocycles. The topological polar surface area (TPSA) is 102 Å². The standard InChI is InChI=1S/C26H24F6N6O4/c27-25(28,29)15-42-23-35-21(13-16-2-1-3-17(12-16)26(30,31)32)34-22(36-23)37-6-8-38(9-7-37)24(39)33-18-4-5-19-20(14-18)41-11-10-40-19/h1-5,12,14H,6-11,13,15H2,(H,33,39). The van der Waals surface area contributed by atoms with Gasteiger partial charge in [-0.25, -0.2) is 4.79 Å². The van der Waals surface area contributed by atoms with Crippen LogP contribution >= 0.6 is 0 Å². The molecule has 16 heteroatoms. The van der Waals surface area contributed by atoms with Crippen LogP contribution in [0.1, 0.15) is 17.0 Å². The van der Waals surface area contributed by atoms with E-state index in [1.807, 2.05) is 0 Å². The number of carbonyl (C=O) groups excluding carboxylic acids is 1. The first-order valence-corrected chi connectivity index (χ1v) is 12.7. The minimum Gasteiger partial charge on any atom is -0.486 e. The summed E-state index contributed by atoms with van der Waals surface area (Å²) >= 11 is 0. The van der Waals surface area contributed by atoms with Crippen molar-refractivity contribution in [1.29, 1.82) is 0 Å². The SMILES string of the molecule is O=C(Nc1ccc2c(c1)OCCO2)N1CCN(c2nc(Cc3cccc(C(F)(F)F)c3)nc(OCC(F)(F)F)n2)CC1. The number of nitrogens with one attached hydrogen (secondary N) is 1. The van der Waals surface area contributed by atoms with Crippen LogP contribution in [0.2, 0.25) is 0 Å². The molecule has 1 aromatic heterocycles. The van der Waals surface area contributed by atoms with Crippen LogP contribution in [0.5, 0.6) is 17.5 Å². The van der Waals surface area contributed by atoms with Crippen molar-refractivity contribution in [2.45, 2.75) is 18.8 Å². The van der Waals surface area contributed by atoms with Gasteiger partial charge in [0.15, 0.2) is 18.1 Å². The smallest absolute Gasteiger partial charge is 0.422 e. The minimum absolute atomic E-state index is 0.0176. The van der Waals surface area contributed by atoms with Gasteiger partial charge in [-0.1, -0.05) is 18.2 Å². The van der Waals surface area contributed by atoms with Gasteiger partial charge in [0.25, 0.3) is 0 Å². The zero-order valence-electron chi connectivity index (χ0n) is 21.8. The molecule has 224 valence electrons. The van der Waals surface area contributed by atoms with Crippen LogP contribution in [-0.2, 0) is 12.6 Å². The van der Waals surface area contributed by atoms with Crippen LogP contribution in [0.25, 0.3) is 0 Å². The molecule has 5 rings (SSSR count). The number of hydrogen-bond acceptors (Lipinski definition) is 8. The van der Waals surface area contributed by atoms with Gasteiger partial charge in [-0.15, -0.1) is 0 Å². The van der Waals surface area contributed by atoms with Crippen LogP contribution in [0.3, 0.4) is 0 Å². The lowest BCUT2D eigenvalue weighted by atomic mass is 10.1. The van der Waals surface area contributed by atoms with Crippen molar-refractivity contribution in [2.75, 3.05) is 56.2 Å². The van der Waals surface area contributed by atoms with Gasteiger partial charge in [-0.2, -0.15) is 41.3 Å². The van der Waals surface area contributed by atoms with Gasteiger partial charge in [-0.05, 0) is 23.8 Å². The normalized spacial score (nSPS) is 15.4. The van der Waals surface area contributed by atoms with Crippen molar-refractivity contribution in [2.24, 2.45) is 0 Å². The van der Waals surface area contributed by atoms with Crippen LogP contribution in [0.4, 0.5) is 42.8 Å². The second-order valence-corrected chi connectivity index (χ2v) is 9.38. The molecule has 0 saturated carbocycles. The molecule has 42 heavy (non-hydrogen) atoms. The predicted molar refractivity (Wildman–Crippen MR) is 136 cm³/mol. The number of piperazine rings is 1. The zero-order valence-corrected chi connectivity index (χ0v) is 21.8. The number of nitrogens with zero attached hydrogens (tertiary/aromatic N) is 5. The number of ether oxygens (including phenoxy) is 3. The van der Waals surface area contributed by atoms with E-state index in [0.717, 1.165) is 12.1 Å². The average Bonchev–Trinajstić information content (AvgIpc) is 2.95. The number of carbonyl (C=O) groups is 1. The Labute approximate surface area is 235 Å². The fourth-order valence-electron chi connectivity index (χ4n) is 4.29. The maximum Gasteiger partial charge on any atom is 0.422 e. The summed E-state index contributed by atoms with van der Waals surface area (Å²) in [7, 11) is 0. The molecule has 1 fully saturated rings. The summed E-state index contributed by atoms with van der Waals surface area (Å²) in [6, 6.07) is 8.51. The maximum atomic E-state index is 13.2. The third kappa shape index (κ3) is 7.41. The number of fused-ring (bicyclic) bond motifs is 1. The Kier molecular flexibility index (Phi) is 8.13. The highest BCUT2D eigenvalue weighted by atomic mass is 19.4. The molecule has 10 nitrogen and oxygen atoms in total. The highest BCUT2D eigenvalue weighted by Gasteiger charge is 2.31. The number of rotatable bonds is 6. The first-order chi connectivity index (χ1) is 19.9. The first kappa shape index (κ1) is 29.0. The predicted octanol–water partition coefficient (Wildman–Crippen LogP) is 4.55. The molecule has 0 aliphatic carbocycles. The quantitative estimate of drug-likeness (QED) is 0.413. The third-order valence-corrected chi connectivity index (χ3v) is 6.27. The summed E-state index contributed by atoms with van der Waals surface area (Å²) in [5.74, 6) is 1.01. The monoisotopic (exact) mass is 598 g/mol. The molecule has 0 atom stereocenters. The minimum atomic E-state index is -4.66.